The summed E-state index contributed by atoms with van der Waals surface area (Å²) in [4.78, 5) is 25.7. The Kier molecular flexibility index (Phi) is 5.93. The Bertz CT molecular complexity index is 1240. The number of rotatable bonds is 6. The number of nitrogens with one attached hydrogen (secondary N) is 1. The summed E-state index contributed by atoms with van der Waals surface area (Å²) in [6.45, 7) is 0.0874. The molecule has 1 amide bonds. The highest BCUT2D eigenvalue weighted by Crippen LogP contribution is 2.31. The van der Waals surface area contributed by atoms with E-state index in [2.05, 4.69) is 20.3 Å². The molecule has 1 aliphatic rings. The van der Waals surface area contributed by atoms with Gasteiger partial charge in [-0.3, -0.25) is 9.36 Å². The number of imidazole rings is 1. The SMILES string of the molecule is Nc1ncnc2c1ncn2[C@@H]1O[C@H](CNC(=O)C(c2ccccc2)c2ccccc2)[C@@H](O)[C@H]1N. The molecule has 3 heterocycles. The maximum absolute atomic E-state index is 13.3. The Labute approximate surface area is 195 Å². The summed E-state index contributed by atoms with van der Waals surface area (Å²) in [7, 11) is 0. The van der Waals surface area contributed by atoms with Gasteiger partial charge in [-0.25, -0.2) is 15.0 Å². The van der Waals surface area contributed by atoms with Crippen molar-refractivity contribution in [1.82, 2.24) is 24.8 Å². The summed E-state index contributed by atoms with van der Waals surface area (Å²) >= 11 is 0. The maximum Gasteiger partial charge on any atom is 0.232 e. The summed E-state index contributed by atoms with van der Waals surface area (Å²) < 4.78 is 7.68. The van der Waals surface area contributed by atoms with E-state index in [1.165, 1.54) is 12.7 Å². The van der Waals surface area contributed by atoms with Gasteiger partial charge >= 0.3 is 0 Å². The lowest BCUT2D eigenvalue weighted by Gasteiger charge is -2.20. The molecule has 4 atom stereocenters. The van der Waals surface area contributed by atoms with Gasteiger partial charge in [0.05, 0.1) is 18.3 Å². The second-order valence-corrected chi connectivity index (χ2v) is 8.22. The van der Waals surface area contributed by atoms with Gasteiger partial charge < -0.3 is 26.6 Å². The van der Waals surface area contributed by atoms with Crippen LogP contribution < -0.4 is 16.8 Å². The van der Waals surface area contributed by atoms with Gasteiger partial charge in [-0.15, -0.1) is 0 Å². The Balaban J connectivity index is 1.33. The Hall–Kier alpha value is -3.86. The summed E-state index contributed by atoms with van der Waals surface area (Å²) in [5.74, 6) is -0.450. The van der Waals surface area contributed by atoms with Gasteiger partial charge in [0.15, 0.2) is 17.7 Å². The molecule has 6 N–H and O–H groups in total. The van der Waals surface area contributed by atoms with E-state index < -0.39 is 30.4 Å². The van der Waals surface area contributed by atoms with Gasteiger partial charge in [-0.1, -0.05) is 60.7 Å². The van der Waals surface area contributed by atoms with Crippen LogP contribution in [0, 0.1) is 0 Å². The minimum absolute atomic E-state index is 0.0874. The molecule has 0 aliphatic carbocycles. The van der Waals surface area contributed by atoms with Crippen LogP contribution in [0.15, 0.2) is 73.3 Å². The van der Waals surface area contributed by atoms with E-state index in [9.17, 15) is 9.90 Å². The number of amides is 1. The summed E-state index contributed by atoms with van der Waals surface area (Å²) in [5.41, 5.74) is 14.8. The number of aliphatic hydroxyl groups is 1. The third kappa shape index (κ3) is 3.98. The van der Waals surface area contributed by atoms with Crippen LogP contribution >= 0.6 is 0 Å². The van der Waals surface area contributed by atoms with E-state index in [1.807, 2.05) is 60.7 Å². The standard InChI is InChI=1S/C24H25N7O3/c25-18-20(32)16(34-24(18)31-13-30-19-21(26)28-12-29-22(19)31)11-27-23(33)17(14-7-3-1-4-8-14)15-9-5-2-6-10-15/h1-10,12-13,16-18,20,24,32H,11,25H2,(H,27,33)(H2,26,28,29)/t16-,18-,20-,24-/m1/s1. The Morgan fingerprint density at radius 3 is 2.35 bits per heavy atom. The van der Waals surface area contributed by atoms with E-state index in [0.29, 0.717) is 11.2 Å². The predicted molar refractivity (Wildman–Crippen MR) is 125 cm³/mol. The fourth-order valence-corrected chi connectivity index (χ4v) is 4.33. The van der Waals surface area contributed by atoms with Crippen LogP contribution in [0.1, 0.15) is 23.3 Å². The van der Waals surface area contributed by atoms with Crippen LogP contribution in [0.2, 0.25) is 0 Å². The number of hydrogen-bond acceptors (Lipinski definition) is 8. The van der Waals surface area contributed by atoms with E-state index in [0.717, 1.165) is 11.1 Å². The number of fused-ring (bicyclic) bond motifs is 1. The number of hydrogen-bond donors (Lipinski definition) is 4. The zero-order valence-corrected chi connectivity index (χ0v) is 18.2. The first-order valence-electron chi connectivity index (χ1n) is 10.9. The first kappa shape index (κ1) is 22.0. The van der Waals surface area contributed by atoms with Crippen LogP contribution in [0.4, 0.5) is 5.82 Å². The molecule has 0 bridgehead atoms. The number of nitrogens with zero attached hydrogens (tertiary/aromatic N) is 4. The fraction of sp³-hybridized carbons (Fsp3) is 0.250. The smallest absolute Gasteiger partial charge is 0.232 e. The first-order chi connectivity index (χ1) is 16.5. The molecule has 1 saturated heterocycles. The van der Waals surface area contributed by atoms with E-state index in [-0.39, 0.29) is 18.3 Å². The van der Waals surface area contributed by atoms with Crippen LogP contribution in [-0.4, -0.2) is 55.3 Å². The molecule has 0 saturated carbocycles. The van der Waals surface area contributed by atoms with Gasteiger partial charge in [0.2, 0.25) is 5.91 Å². The van der Waals surface area contributed by atoms with E-state index in [1.54, 1.807) is 4.57 Å². The summed E-state index contributed by atoms with van der Waals surface area (Å²) in [6.07, 6.45) is 0.392. The highest BCUT2D eigenvalue weighted by molar-refractivity contribution is 5.87. The number of anilines is 1. The lowest BCUT2D eigenvalue weighted by atomic mass is 9.90. The molecule has 10 heteroatoms. The maximum atomic E-state index is 13.3. The predicted octanol–water partition coefficient (Wildman–Crippen LogP) is 0.942. The molecule has 0 spiro atoms. The average Bonchev–Trinajstić information content (AvgIpc) is 3.41. The first-order valence-corrected chi connectivity index (χ1v) is 10.9. The number of carbonyl (C=O) groups is 1. The van der Waals surface area contributed by atoms with Crippen molar-refractivity contribution in [2.75, 3.05) is 12.3 Å². The molecule has 10 nitrogen and oxygen atoms in total. The van der Waals surface area contributed by atoms with Crippen molar-refractivity contribution in [2.24, 2.45) is 5.73 Å². The average molecular weight is 460 g/mol. The van der Waals surface area contributed by atoms with Crippen LogP contribution in [0.25, 0.3) is 11.2 Å². The molecular formula is C24H25N7O3. The zero-order chi connectivity index (χ0) is 23.7. The van der Waals surface area contributed by atoms with Gasteiger partial charge in [-0.2, -0.15) is 0 Å². The third-order valence-electron chi connectivity index (χ3n) is 6.09. The van der Waals surface area contributed by atoms with Crippen molar-refractivity contribution in [2.45, 2.75) is 30.4 Å². The van der Waals surface area contributed by atoms with Crippen LogP contribution in [-0.2, 0) is 9.53 Å². The number of nitrogen functional groups attached to an aromatic ring is 1. The molecule has 2 aromatic carbocycles. The number of carbonyl (C=O) groups excluding carboxylic acids is 1. The van der Waals surface area contributed by atoms with Crippen molar-refractivity contribution in [3.8, 4) is 0 Å². The summed E-state index contributed by atoms with van der Waals surface area (Å²) in [6, 6.07) is 18.3. The van der Waals surface area contributed by atoms with Gasteiger partial charge in [0.1, 0.15) is 24.1 Å². The molecule has 174 valence electrons. The Morgan fingerprint density at radius 1 is 1.06 bits per heavy atom. The second-order valence-electron chi connectivity index (χ2n) is 8.22. The van der Waals surface area contributed by atoms with Crippen LogP contribution in [0.3, 0.4) is 0 Å². The molecule has 2 aromatic heterocycles. The molecule has 34 heavy (non-hydrogen) atoms. The number of benzene rings is 2. The van der Waals surface area contributed by atoms with Crippen molar-refractivity contribution in [1.29, 1.82) is 0 Å². The molecule has 1 aliphatic heterocycles. The normalized spacial score (nSPS) is 22.3. The van der Waals surface area contributed by atoms with Crippen LogP contribution in [0.5, 0.6) is 0 Å². The number of ether oxygens (including phenoxy) is 1. The topological polar surface area (TPSA) is 154 Å². The molecule has 5 rings (SSSR count). The monoisotopic (exact) mass is 459 g/mol. The molecule has 0 unspecified atom stereocenters. The third-order valence-corrected chi connectivity index (χ3v) is 6.09. The lowest BCUT2D eigenvalue weighted by molar-refractivity contribution is -0.122. The van der Waals surface area contributed by atoms with Crippen molar-refractivity contribution < 1.29 is 14.6 Å². The van der Waals surface area contributed by atoms with Gasteiger partial charge in [0.25, 0.3) is 0 Å². The second kappa shape index (κ2) is 9.18. The molecular weight excluding hydrogens is 434 g/mol. The highest BCUT2D eigenvalue weighted by Gasteiger charge is 2.43. The van der Waals surface area contributed by atoms with Crippen molar-refractivity contribution in [3.63, 3.8) is 0 Å². The Morgan fingerprint density at radius 2 is 1.71 bits per heavy atom. The highest BCUT2D eigenvalue weighted by atomic mass is 16.5. The molecule has 4 aromatic rings. The van der Waals surface area contributed by atoms with Gasteiger partial charge in [0, 0.05) is 6.54 Å². The summed E-state index contributed by atoms with van der Waals surface area (Å²) in [5, 5.41) is 13.7. The molecule has 0 radical (unpaired) electrons. The van der Waals surface area contributed by atoms with E-state index in [4.69, 9.17) is 16.2 Å². The largest absolute Gasteiger partial charge is 0.389 e. The fourth-order valence-electron chi connectivity index (χ4n) is 4.33. The lowest BCUT2D eigenvalue weighted by Crippen LogP contribution is -2.44. The quantitative estimate of drug-likeness (QED) is 0.332. The van der Waals surface area contributed by atoms with Gasteiger partial charge in [-0.05, 0) is 11.1 Å². The number of aliphatic hydroxyl groups excluding tert-OH is 1. The number of nitrogens with two attached hydrogens (primary N) is 2. The number of aromatic nitrogens is 4. The zero-order valence-electron chi connectivity index (χ0n) is 18.2. The van der Waals surface area contributed by atoms with Crippen molar-refractivity contribution >= 4 is 22.9 Å². The van der Waals surface area contributed by atoms with E-state index >= 15 is 0 Å². The minimum atomic E-state index is -1.01. The molecule has 1 fully saturated rings. The minimum Gasteiger partial charge on any atom is -0.389 e. The van der Waals surface area contributed by atoms with Crippen molar-refractivity contribution in [3.05, 3.63) is 84.4 Å².